The molecular weight excluding hydrogens is 338 g/mol. The number of carbonyl (C=O) groups excluding carboxylic acids is 1. The van der Waals surface area contributed by atoms with Gasteiger partial charge in [-0.1, -0.05) is 20.8 Å². The number of nitrogens with one attached hydrogen (secondary N) is 1. The highest BCUT2D eigenvalue weighted by Gasteiger charge is 2.68. The molecule has 148 valence electrons. The first-order chi connectivity index (χ1) is 12.7. The third-order valence-electron chi connectivity index (χ3n) is 7.97. The average molecular weight is 372 g/mol. The van der Waals surface area contributed by atoms with Crippen molar-refractivity contribution in [3.8, 4) is 5.75 Å². The fraction of sp³-hybridized carbons (Fsp3) is 0.696. The Morgan fingerprint density at radius 2 is 1.96 bits per heavy atom. The quantitative estimate of drug-likeness (QED) is 0.827. The minimum Gasteiger partial charge on any atom is -0.507 e. The fourth-order valence-corrected chi connectivity index (χ4v) is 6.53. The second kappa shape index (κ2) is 6.23. The number of carbonyl (C=O) groups is 1. The van der Waals surface area contributed by atoms with Crippen molar-refractivity contribution < 1.29 is 14.6 Å². The molecule has 0 aromatic heterocycles. The zero-order valence-electron chi connectivity index (χ0n) is 17.3. The van der Waals surface area contributed by atoms with E-state index in [0.717, 1.165) is 30.6 Å². The molecule has 1 aromatic carbocycles. The number of ether oxygens (including phenoxy) is 1. The Balaban J connectivity index is 1.72. The molecule has 1 heterocycles. The van der Waals surface area contributed by atoms with Gasteiger partial charge in [0.1, 0.15) is 5.75 Å². The molecule has 3 aliphatic rings. The summed E-state index contributed by atoms with van der Waals surface area (Å²) in [6, 6.07) is 4.39. The highest BCUT2D eigenvalue weighted by Crippen LogP contribution is 2.70. The standard InChI is InChI=1S/C23H33NO3/c1-6-18(25)24-21-22(4,5)16-11-17-20(27-8-7-23(17,21)12-16)15-9-13(2)19(26)14(3)10-15/h9-10,16-17,20-21,26H,6-8,11-12H2,1-5H3,(H,24,25)/t16-,17-,20-,21-,23-/m1/s1. The summed E-state index contributed by atoms with van der Waals surface area (Å²) in [5, 5.41) is 13.6. The van der Waals surface area contributed by atoms with Crippen LogP contribution in [-0.2, 0) is 9.53 Å². The number of fused-ring (bicyclic) bond motifs is 1. The van der Waals surface area contributed by atoms with Gasteiger partial charge in [-0.05, 0) is 84.6 Å². The van der Waals surface area contributed by atoms with Gasteiger partial charge in [0.05, 0.1) is 6.10 Å². The number of aromatic hydroxyl groups is 1. The number of benzene rings is 1. The van der Waals surface area contributed by atoms with Gasteiger partial charge in [-0.2, -0.15) is 0 Å². The zero-order valence-corrected chi connectivity index (χ0v) is 17.3. The molecule has 2 aliphatic carbocycles. The molecule has 4 rings (SSSR count). The van der Waals surface area contributed by atoms with Gasteiger partial charge in [-0.3, -0.25) is 4.79 Å². The van der Waals surface area contributed by atoms with Gasteiger partial charge in [-0.25, -0.2) is 0 Å². The van der Waals surface area contributed by atoms with Crippen LogP contribution in [0.4, 0.5) is 0 Å². The van der Waals surface area contributed by atoms with E-state index in [1.54, 1.807) is 0 Å². The molecule has 1 aliphatic heterocycles. The van der Waals surface area contributed by atoms with Crippen LogP contribution in [0.15, 0.2) is 12.1 Å². The first-order valence-electron chi connectivity index (χ1n) is 10.4. The molecule has 1 amide bonds. The number of amides is 1. The molecule has 2 saturated carbocycles. The Morgan fingerprint density at radius 3 is 2.59 bits per heavy atom. The molecule has 5 atom stereocenters. The van der Waals surface area contributed by atoms with Crippen LogP contribution in [0.2, 0.25) is 0 Å². The summed E-state index contributed by atoms with van der Waals surface area (Å²) in [6.45, 7) is 11.3. The van der Waals surface area contributed by atoms with Crippen molar-refractivity contribution in [1.82, 2.24) is 5.32 Å². The molecule has 4 nitrogen and oxygen atoms in total. The largest absolute Gasteiger partial charge is 0.507 e. The van der Waals surface area contributed by atoms with Crippen molar-refractivity contribution in [1.29, 1.82) is 0 Å². The smallest absolute Gasteiger partial charge is 0.219 e. The van der Waals surface area contributed by atoms with E-state index in [2.05, 4.69) is 31.3 Å². The molecular formula is C23H33NO3. The Morgan fingerprint density at radius 1 is 1.30 bits per heavy atom. The summed E-state index contributed by atoms with van der Waals surface area (Å²) in [7, 11) is 0. The van der Waals surface area contributed by atoms with Crippen molar-refractivity contribution in [3.63, 3.8) is 0 Å². The minimum absolute atomic E-state index is 0.0545. The summed E-state index contributed by atoms with van der Waals surface area (Å²) < 4.78 is 6.33. The van der Waals surface area contributed by atoms with Crippen LogP contribution in [-0.4, -0.2) is 23.7 Å². The molecule has 2 bridgehead atoms. The first-order valence-corrected chi connectivity index (χ1v) is 10.4. The van der Waals surface area contributed by atoms with E-state index < -0.39 is 0 Å². The van der Waals surface area contributed by atoms with E-state index in [9.17, 15) is 9.90 Å². The van der Waals surface area contributed by atoms with Crippen LogP contribution in [0.3, 0.4) is 0 Å². The third kappa shape index (κ3) is 2.63. The van der Waals surface area contributed by atoms with Crippen LogP contribution < -0.4 is 5.32 Å². The van der Waals surface area contributed by atoms with Crippen molar-refractivity contribution >= 4 is 5.91 Å². The van der Waals surface area contributed by atoms with Gasteiger partial charge in [-0.15, -0.1) is 0 Å². The second-order valence-corrected chi connectivity index (χ2v) is 9.70. The average Bonchev–Trinajstić information content (AvgIpc) is 3.11. The maximum atomic E-state index is 12.3. The van der Waals surface area contributed by atoms with E-state index in [0.29, 0.717) is 24.0 Å². The van der Waals surface area contributed by atoms with Crippen molar-refractivity contribution in [2.45, 2.75) is 72.4 Å². The van der Waals surface area contributed by atoms with E-state index in [1.807, 2.05) is 20.8 Å². The van der Waals surface area contributed by atoms with Crippen molar-refractivity contribution in [3.05, 3.63) is 28.8 Å². The normalized spacial score (nSPS) is 36.5. The second-order valence-electron chi connectivity index (χ2n) is 9.70. The highest BCUT2D eigenvalue weighted by atomic mass is 16.5. The summed E-state index contributed by atoms with van der Waals surface area (Å²) in [4.78, 5) is 12.3. The fourth-order valence-electron chi connectivity index (χ4n) is 6.53. The third-order valence-corrected chi connectivity index (χ3v) is 7.97. The summed E-state index contributed by atoms with van der Waals surface area (Å²) in [6.07, 6.45) is 3.97. The zero-order chi connectivity index (χ0) is 19.6. The summed E-state index contributed by atoms with van der Waals surface area (Å²) >= 11 is 0. The maximum absolute atomic E-state index is 12.3. The molecule has 1 saturated heterocycles. The Kier molecular flexibility index (Phi) is 4.34. The lowest BCUT2D eigenvalue weighted by atomic mass is 9.58. The molecule has 1 aromatic rings. The van der Waals surface area contributed by atoms with Crippen molar-refractivity contribution in [2.24, 2.45) is 22.7 Å². The van der Waals surface area contributed by atoms with Crippen LogP contribution >= 0.6 is 0 Å². The molecule has 3 fully saturated rings. The van der Waals surface area contributed by atoms with Gasteiger partial charge >= 0.3 is 0 Å². The van der Waals surface area contributed by atoms with Crippen LogP contribution in [0, 0.1) is 36.5 Å². The van der Waals surface area contributed by atoms with Crippen LogP contribution in [0.25, 0.3) is 0 Å². The van der Waals surface area contributed by atoms with Gasteiger partial charge in [0.25, 0.3) is 0 Å². The van der Waals surface area contributed by atoms with E-state index in [1.165, 1.54) is 12.0 Å². The Bertz CT molecular complexity index is 748. The summed E-state index contributed by atoms with van der Waals surface area (Å²) in [5.74, 6) is 1.59. The number of aryl methyl sites for hydroxylation is 2. The maximum Gasteiger partial charge on any atom is 0.219 e. The predicted octanol–water partition coefficient (Wildman–Crippen LogP) is 4.42. The minimum atomic E-state index is 0.0545. The topological polar surface area (TPSA) is 58.6 Å². The molecule has 4 heteroatoms. The Labute approximate surface area is 162 Å². The molecule has 1 spiro atoms. The number of phenolic OH excluding ortho intramolecular Hbond substituents is 1. The summed E-state index contributed by atoms with van der Waals surface area (Å²) in [5.41, 5.74) is 3.25. The Hall–Kier alpha value is -1.55. The molecule has 2 N–H and O–H groups in total. The monoisotopic (exact) mass is 371 g/mol. The number of hydrogen-bond acceptors (Lipinski definition) is 3. The predicted molar refractivity (Wildman–Crippen MR) is 106 cm³/mol. The van der Waals surface area contributed by atoms with E-state index in [4.69, 9.17) is 4.74 Å². The van der Waals surface area contributed by atoms with Gasteiger partial charge in [0, 0.05) is 19.1 Å². The van der Waals surface area contributed by atoms with E-state index in [-0.39, 0.29) is 28.9 Å². The van der Waals surface area contributed by atoms with Gasteiger partial charge in [0.2, 0.25) is 5.91 Å². The van der Waals surface area contributed by atoms with Gasteiger partial charge in [0.15, 0.2) is 0 Å². The lowest BCUT2D eigenvalue weighted by Crippen LogP contribution is -2.58. The van der Waals surface area contributed by atoms with Crippen LogP contribution in [0.1, 0.15) is 69.2 Å². The first kappa shape index (κ1) is 18.8. The highest BCUT2D eigenvalue weighted by molar-refractivity contribution is 5.76. The van der Waals surface area contributed by atoms with Gasteiger partial charge < -0.3 is 15.2 Å². The van der Waals surface area contributed by atoms with Crippen molar-refractivity contribution in [2.75, 3.05) is 6.61 Å². The van der Waals surface area contributed by atoms with Crippen LogP contribution in [0.5, 0.6) is 5.75 Å². The molecule has 27 heavy (non-hydrogen) atoms. The lowest BCUT2D eigenvalue weighted by Gasteiger charge is -2.53. The SMILES string of the molecule is CCC(=O)N[C@@H]1C(C)(C)[C@@H]2C[C@@H]3[C@@H](c4cc(C)c(O)c(C)c4)OCC[C@@]31C2. The lowest BCUT2D eigenvalue weighted by molar-refractivity contribution is -0.137. The number of rotatable bonds is 3. The molecule has 0 unspecified atom stereocenters. The van der Waals surface area contributed by atoms with E-state index >= 15 is 0 Å². The number of phenols is 1. The molecule has 0 radical (unpaired) electrons. The number of hydrogen-bond donors (Lipinski definition) is 2.